The zero-order chi connectivity index (χ0) is 9.00. The van der Waals surface area contributed by atoms with Crippen LogP contribution in [-0.2, 0) is 4.79 Å². The van der Waals surface area contributed by atoms with Gasteiger partial charge >= 0.3 is 0 Å². The Kier molecular flexibility index (Phi) is 1.47. The monoisotopic (exact) mass is 176 g/mol. The van der Waals surface area contributed by atoms with E-state index in [4.69, 9.17) is 0 Å². The van der Waals surface area contributed by atoms with E-state index in [2.05, 4.69) is 6.58 Å². The maximum Gasteiger partial charge on any atom is 0.139 e. The van der Waals surface area contributed by atoms with Crippen LogP contribution in [0.3, 0.4) is 0 Å². The van der Waals surface area contributed by atoms with Crippen molar-refractivity contribution in [3.05, 3.63) is 12.2 Å². The predicted octanol–water partition coefficient (Wildman–Crippen LogP) is 2.57. The molecule has 4 atom stereocenters. The number of carbonyl (C=O) groups excluding carboxylic acids is 1. The highest BCUT2D eigenvalue weighted by atomic mass is 16.1. The van der Waals surface area contributed by atoms with Gasteiger partial charge in [-0.2, -0.15) is 0 Å². The molecule has 0 spiro atoms. The third-order valence-corrected chi connectivity index (χ3v) is 4.42. The summed E-state index contributed by atoms with van der Waals surface area (Å²) in [4.78, 5) is 11.9. The van der Waals surface area contributed by atoms with Crippen molar-refractivity contribution in [2.75, 3.05) is 0 Å². The van der Waals surface area contributed by atoms with Crippen molar-refractivity contribution in [3.63, 3.8) is 0 Å². The molecule has 4 aliphatic rings. The maximum absolute atomic E-state index is 11.9. The SMILES string of the molecule is C=C1C2CCC3CC1CC(C2)C3=O. The standard InChI is InChI=1S/C12H16O/c1-7-8-2-3-9-5-10(7)6-11(4-8)12(9)13/h8-11H,1-6H2. The minimum absolute atomic E-state index is 0.410. The van der Waals surface area contributed by atoms with Gasteiger partial charge < -0.3 is 0 Å². The van der Waals surface area contributed by atoms with E-state index in [1.54, 1.807) is 0 Å². The second-order valence-electron chi connectivity index (χ2n) is 5.05. The molecule has 0 aliphatic heterocycles. The topological polar surface area (TPSA) is 17.1 Å². The molecule has 0 saturated heterocycles. The lowest BCUT2D eigenvalue weighted by Crippen LogP contribution is -2.36. The van der Waals surface area contributed by atoms with E-state index in [0.717, 1.165) is 25.7 Å². The van der Waals surface area contributed by atoms with E-state index in [9.17, 15) is 4.79 Å². The van der Waals surface area contributed by atoms with Gasteiger partial charge in [0.15, 0.2) is 0 Å². The molecule has 4 aliphatic carbocycles. The summed E-state index contributed by atoms with van der Waals surface area (Å²) in [6.07, 6.45) is 5.78. The minimum Gasteiger partial charge on any atom is -0.299 e. The molecule has 4 bridgehead atoms. The molecule has 1 heteroatoms. The summed E-state index contributed by atoms with van der Waals surface area (Å²) >= 11 is 0. The zero-order valence-electron chi connectivity index (χ0n) is 7.96. The van der Waals surface area contributed by atoms with Crippen LogP contribution in [-0.4, -0.2) is 5.78 Å². The number of Topliss-reactive ketones (excluding diaryl/α,β-unsaturated/α-hetero) is 1. The van der Waals surface area contributed by atoms with E-state index in [1.807, 2.05) is 0 Å². The molecular weight excluding hydrogens is 160 g/mol. The van der Waals surface area contributed by atoms with Crippen molar-refractivity contribution >= 4 is 5.78 Å². The first-order valence-electron chi connectivity index (χ1n) is 5.48. The Morgan fingerprint density at radius 1 is 0.923 bits per heavy atom. The van der Waals surface area contributed by atoms with Gasteiger partial charge in [-0.3, -0.25) is 4.79 Å². The molecule has 0 N–H and O–H groups in total. The normalized spacial score (nSPS) is 48.3. The molecule has 0 heterocycles. The van der Waals surface area contributed by atoms with E-state index >= 15 is 0 Å². The average Bonchev–Trinajstić information content (AvgIpc) is 2.32. The fourth-order valence-corrected chi connectivity index (χ4v) is 3.66. The van der Waals surface area contributed by atoms with Gasteiger partial charge in [-0.25, -0.2) is 0 Å². The van der Waals surface area contributed by atoms with Gasteiger partial charge in [-0.05, 0) is 43.9 Å². The molecule has 4 saturated carbocycles. The zero-order valence-corrected chi connectivity index (χ0v) is 7.96. The molecule has 0 aromatic rings. The van der Waals surface area contributed by atoms with Gasteiger partial charge in [-0.1, -0.05) is 12.2 Å². The summed E-state index contributed by atoms with van der Waals surface area (Å²) in [6, 6.07) is 0. The first-order chi connectivity index (χ1) is 6.25. The van der Waals surface area contributed by atoms with Crippen LogP contribution in [0.2, 0.25) is 0 Å². The van der Waals surface area contributed by atoms with Crippen molar-refractivity contribution in [2.45, 2.75) is 32.1 Å². The van der Waals surface area contributed by atoms with E-state index < -0.39 is 0 Å². The summed E-state index contributed by atoms with van der Waals surface area (Å²) in [7, 11) is 0. The average molecular weight is 176 g/mol. The first kappa shape index (κ1) is 7.78. The molecule has 0 aromatic heterocycles. The second-order valence-corrected chi connectivity index (χ2v) is 5.05. The van der Waals surface area contributed by atoms with Crippen molar-refractivity contribution in [1.29, 1.82) is 0 Å². The van der Waals surface area contributed by atoms with Crippen molar-refractivity contribution in [2.24, 2.45) is 23.7 Å². The van der Waals surface area contributed by atoms with E-state index in [1.165, 1.54) is 12.0 Å². The van der Waals surface area contributed by atoms with Crippen LogP contribution in [0.1, 0.15) is 32.1 Å². The second kappa shape index (κ2) is 2.46. The summed E-state index contributed by atoms with van der Waals surface area (Å²) in [5.74, 6) is 2.81. The lowest BCUT2D eigenvalue weighted by molar-refractivity contribution is -0.130. The summed E-state index contributed by atoms with van der Waals surface area (Å²) in [5, 5.41) is 0. The molecule has 4 rings (SSSR count). The highest BCUT2D eigenvalue weighted by Crippen LogP contribution is 2.51. The Balaban J connectivity index is 2.02. The van der Waals surface area contributed by atoms with Gasteiger partial charge in [0.1, 0.15) is 5.78 Å². The van der Waals surface area contributed by atoms with Crippen LogP contribution < -0.4 is 0 Å². The number of rotatable bonds is 0. The fraction of sp³-hybridized carbons (Fsp3) is 0.750. The number of hydrogen-bond donors (Lipinski definition) is 0. The Morgan fingerprint density at radius 3 is 2.38 bits per heavy atom. The third-order valence-electron chi connectivity index (χ3n) is 4.42. The maximum atomic E-state index is 11.9. The fourth-order valence-electron chi connectivity index (χ4n) is 3.66. The number of fused-ring (bicyclic) bond motifs is 1. The highest BCUT2D eigenvalue weighted by Gasteiger charge is 2.46. The van der Waals surface area contributed by atoms with Crippen LogP contribution in [0.15, 0.2) is 12.2 Å². The number of carbonyl (C=O) groups is 1. The predicted molar refractivity (Wildman–Crippen MR) is 51.2 cm³/mol. The van der Waals surface area contributed by atoms with Gasteiger partial charge in [0.2, 0.25) is 0 Å². The van der Waals surface area contributed by atoms with Crippen molar-refractivity contribution < 1.29 is 4.79 Å². The molecule has 1 nitrogen and oxygen atoms in total. The highest BCUT2D eigenvalue weighted by molar-refractivity contribution is 5.85. The molecular formula is C12H16O. The molecule has 4 unspecified atom stereocenters. The summed E-state index contributed by atoms with van der Waals surface area (Å²) < 4.78 is 0. The van der Waals surface area contributed by atoms with Crippen molar-refractivity contribution in [1.82, 2.24) is 0 Å². The van der Waals surface area contributed by atoms with Crippen LogP contribution in [0.25, 0.3) is 0 Å². The van der Waals surface area contributed by atoms with Crippen LogP contribution >= 0.6 is 0 Å². The molecule has 13 heavy (non-hydrogen) atoms. The Morgan fingerprint density at radius 2 is 1.54 bits per heavy atom. The number of ketones is 1. The van der Waals surface area contributed by atoms with Gasteiger partial charge in [0.25, 0.3) is 0 Å². The van der Waals surface area contributed by atoms with Gasteiger partial charge in [-0.15, -0.1) is 0 Å². The Hall–Kier alpha value is -0.590. The van der Waals surface area contributed by atoms with E-state index in [0.29, 0.717) is 29.5 Å². The summed E-state index contributed by atoms with van der Waals surface area (Å²) in [5.41, 5.74) is 1.48. The van der Waals surface area contributed by atoms with Crippen molar-refractivity contribution in [3.8, 4) is 0 Å². The molecule has 0 radical (unpaired) electrons. The summed E-state index contributed by atoms with van der Waals surface area (Å²) in [6.45, 7) is 4.23. The molecule has 4 fully saturated rings. The molecule has 0 aromatic carbocycles. The largest absolute Gasteiger partial charge is 0.299 e. The number of allylic oxidation sites excluding steroid dienone is 1. The Labute approximate surface area is 79.2 Å². The lowest BCUT2D eigenvalue weighted by Gasteiger charge is -2.39. The van der Waals surface area contributed by atoms with Crippen LogP contribution in [0, 0.1) is 23.7 Å². The third kappa shape index (κ3) is 0.962. The van der Waals surface area contributed by atoms with Gasteiger partial charge in [0, 0.05) is 11.8 Å². The minimum atomic E-state index is 0.410. The molecule has 0 amide bonds. The van der Waals surface area contributed by atoms with Crippen LogP contribution in [0.4, 0.5) is 0 Å². The van der Waals surface area contributed by atoms with Crippen LogP contribution in [0.5, 0.6) is 0 Å². The lowest BCUT2D eigenvalue weighted by atomic mass is 9.65. The quantitative estimate of drug-likeness (QED) is 0.518. The Bertz CT molecular complexity index is 239. The van der Waals surface area contributed by atoms with Gasteiger partial charge in [0.05, 0.1) is 0 Å². The number of hydrogen-bond acceptors (Lipinski definition) is 1. The van der Waals surface area contributed by atoms with E-state index in [-0.39, 0.29) is 0 Å². The molecule has 70 valence electrons. The first-order valence-corrected chi connectivity index (χ1v) is 5.48. The smallest absolute Gasteiger partial charge is 0.139 e.